The van der Waals surface area contributed by atoms with Crippen molar-refractivity contribution in [3.8, 4) is 6.07 Å². The lowest BCUT2D eigenvalue weighted by Crippen LogP contribution is -2.54. The lowest BCUT2D eigenvalue weighted by atomic mass is 10.0. The molecule has 1 aromatic heterocycles. The molecule has 2 rings (SSSR count). The highest BCUT2D eigenvalue weighted by Crippen LogP contribution is 2.16. The molecule has 1 aliphatic heterocycles. The summed E-state index contributed by atoms with van der Waals surface area (Å²) in [7, 11) is 1.95. The standard InChI is InChI=1S/C14H23N5/c1-14(2,12-15)19-8-6-18(7-9-19)5-4-13-10-16-17(3)11-13/h10-11H,4-9H2,1-3H3. The van der Waals surface area contributed by atoms with E-state index in [0.29, 0.717) is 0 Å². The van der Waals surface area contributed by atoms with E-state index < -0.39 is 0 Å². The van der Waals surface area contributed by atoms with Crippen LogP contribution >= 0.6 is 0 Å². The first kappa shape index (κ1) is 14.0. The smallest absolute Gasteiger partial charge is 0.103 e. The number of piperazine rings is 1. The summed E-state index contributed by atoms with van der Waals surface area (Å²) in [5, 5.41) is 13.3. The molecule has 19 heavy (non-hydrogen) atoms. The number of nitriles is 1. The molecule has 1 aliphatic rings. The number of hydrogen-bond acceptors (Lipinski definition) is 4. The Kier molecular flexibility index (Phi) is 4.23. The Hall–Kier alpha value is -1.38. The van der Waals surface area contributed by atoms with Crippen molar-refractivity contribution >= 4 is 0 Å². The number of aryl methyl sites for hydroxylation is 1. The topological polar surface area (TPSA) is 48.1 Å². The summed E-state index contributed by atoms with van der Waals surface area (Å²) in [6, 6.07) is 2.38. The molecule has 0 unspecified atom stereocenters. The average molecular weight is 261 g/mol. The van der Waals surface area contributed by atoms with Crippen molar-refractivity contribution in [2.75, 3.05) is 32.7 Å². The summed E-state index contributed by atoms with van der Waals surface area (Å²) in [6.45, 7) is 9.13. The fraction of sp³-hybridized carbons (Fsp3) is 0.714. The molecule has 0 spiro atoms. The number of rotatable bonds is 4. The van der Waals surface area contributed by atoms with Crippen LogP contribution in [0, 0.1) is 11.3 Å². The van der Waals surface area contributed by atoms with Gasteiger partial charge in [0.05, 0.1) is 12.3 Å². The zero-order valence-electron chi connectivity index (χ0n) is 12.1. The Bertz CT molecular complexity index is 449. The molecule has 104 valence electrons. The Morgan fingerprint density at radius 1 is 1.32 bits per heavy atom. The predicted octanol–water partition coefficient (Wildman–Crippen LogP) is 0.882. The van der Waals surface area contributed by atoms with Gasteiger partial charge in [0.25, 0.3) is 0 Å². The van der Waals surface area contributed by atoms with Crippen molar-refractivity contribution in [2.45, 2.75) is 25.8 Å². The lowest BCUT2D eigenvalue weighted by Gasteiger charge is -2.40. The van der Waals surface area contributed by atoms with Crippen molar-refractivity contribution in [2.24, 2.45) is 7.05 Å². The minimum Gasteiger partial charge on any atom is -0.300 e. The van der Waals surface area contributed by atoms with Crippen LogP contribution in [0.5, 0.6) is 0 Å². The van der Waals surface area contributed by atoms with Crippen molar-refractivity contribution in [3.63, 3.8) is 0 Å². The number of nitrogens with zero attached hydrogens (tertiary/aromatic N) is 5. The zero-order valence-corrected chi connectivity index (χ0v) is 12.1. The van der Waals surface area contributed by atoms with Crippen LogP contribution in [0.1, 0.15) is 19.4 Å². The highest BCUT2D eigenvalue weighted by atomic mass is 15.3. The monoisotopic (exact) mass is 261 g/mol. The van der Waals surface area contributed by atoms with E-state index >= 15 is 0 Å². The van der Waals surface area contributed by atoms with E-state index in [1.54, 1.807) is 0 Å². The van der Waals surface area contributed by atoms with Gasteiger partial charge in [-0.1, -0.05) is 0 Å². The molecule has 0 saturated carbocycles. The van der Waals surface area contributed by atoms with Gasteiger partial charge in [0.15, 0.2) is 0 Å². The van der Waals surface area contributed by atoms with E-state index in [2.05, 4.69) is 27.2 Å². The summed E-state index contributed by atoms with van der Waals surface area (Å²) < 4.78 is 1.85. The van der Waals surface area contributed by atoms with Crippen LogP contribution in [0.4, 0.5) is 0 Å². The zero-order chi connectivity index (χ0) is 13.9. The van der Waals surface area contributed by atoms with Gasteiger partial charge in [-0.2, -0.15) is 10.4 Å². The molecule has 2 heterocycles. The van der Waals surface area contributed by atoms with E-state index in [4.69, 9.17) is 5.26 Å². The van der Waals surface area contributed by atoms with Crippen molar-refractivity contribution in [1.29, 1.82) is 5.26 Å². The van der Waals surface area contributed by atoms with Gasteiger partial charge < -0.3 is 4.90 Å². The van der Waals surface area contributed by atoms with Crippen LogP contribution in [0.15, 0.2) is 12.4 Å². The fourth-order valence-electron chi connectivity index (χ4n) is 2.49. The van der Waals surface area contributed by atoms with Gasteiger partial charge in [-0.15, -0.1) is 0 Å². The molecular weight excluding hydrogens is 238 g/mol. The third kappa shape index (κ3) is 3.55. The van der Waals surface area contributed by atoms with Crippen molar-refractivity contribution in [3.05, 3.63) is 18.0 Å². The van der Waals surface area contributed by atoms with E-state index in [1.165, 1.54) is 5.56 Å². The average Bonchev–Trinajstić information content (AvgIpc) is 2.83. The molecule has 0 amide bonds. The molecule has 1 fully saturated rings. The number of aromatic nitrogens is 2. The molecule has 1 saturated heterocycles. The van der Waals surface area contributed by atoms with Gasteiger partial charge in [-0.25, -0.2) is 0 Å². The highest BCUT2D eigenvalue weighted by molar-refractivity contribution is 5.05. The summed E-state index contributed by atoms with van der Waals surface area (Å²) in [5.74, 6) is 0. The Labute approximate surface area is 115 Å². The van der Waals surface area contributed by atoms with Gasteiger partial charge in [-0.3, -0.25) is 9.58 Å². The Morgan fingerprint density at radius 2 is 2.00 bits per heavy atom. The largest absolute Gasteiger partial charge is 0.300 e. The molecular formula is C14H23N5. The summed E-state index contributed by atoms with van der Waals surface area (Å²) in [6.07, 6.45) is 5.07. The molecule has 0 atom stereocenters. The van der Waals surface area contributed by atoms with Gasteiger partial charge in [-0.05, 0) is 25.8 Å². The fourth-order valence-corrected chi connectivity index (χ4v) is 2.49. The van der Waals surface area contributed by atoms with E-state index in [9.17, 15) is 0 Å². The van der Waals surface area contributed by atoms with E-state index in [1.807, 2.05) is 31.8 Å². The second-order valence-corrected chi connectivity index (χ2v) is 5.77. The van der Waals surface area contributed by atoms with Gasteiger partial charge in [0, 0.05) is 46.0 Å². The molecule has 0 aromatic carbocycles. The maximum atomic E-state index is 9.15. The Morgan fingerprint density at radius 3 is 2.53 bits per heavy atom. The summed E-state index contributed by atoms with van der Waals surface area (Å²) in [5.41, 5.74) is 0.956. The van der Waals surface area contributed by atoms with Crippen LogP contribution in [-0.4, -0.2) is 57.8 Å². The predicted molar refractivity (Wildman–Crippen MR) is 74.6 cm³/mol. The molecule has 0 aliphatic carbocycles. The maximum Gasteiger partial charge on any atom is 0.103 e. The Balaban J connectivity index is 1.76. The van der Waals surface area contributed by atoms with Crippen LogP contribution in [0.2, 0.25) is 0 Å². The second kappa shape index (κ2) is 5.72. The first-order valence-corrected chi connectivity index (χ1v) is 6.87. The molecule has 5 nitrogen and oxygen atoms in total. The van der Waals surface area contributed by atoms with Gasteiger partial charge in [0.1, 0.15) is 5.54 Å². The van der Waals surface area contributed by atoms with Crippen molar-refractivity contribution < 1.29 is 0 Å². The van der Waals surface area contributed by atoms with Crippen LogP contribution < -0.4 is 0 Å². The molecule has 5 heteroatoms. The van der Waals surface area contributed by atoms with Crippen LogP contribution in [-0.2, 0) is 13.5 Å². The normalized spacial score (nSPS) is 18.4. The SMILES string of the molecule is Cn1cc(CCN2CCN(C(C)(C)C#N)CC2)cn1. The van der Waals surface area contributed by atoms with E-state index in [0.717, 1.165) is 39.1 Å². The van der Waals surface area contributed by atoms with E-state index in [-0.39, 0.29) is 5.54 Å². The highest BCUT2D eigenvalue weighted by Gasteiger charge is 2.29. The summed E-state index contributed by atoms with van der Waals surface area (Å²) in [4.78, 5) is 4.74. The second-order valence-electron chi connectivity index (χ2n) is 5.77. The number of hydrogen-bond donors (Lipinski definition) is 0. The third-order valence-corrected chi connectivity index (χ3v) is 3.91. The summed E-state index contributed by atoms with van der Waals surface area (Å²) >= 11 is 0. The minimum atomic E-state index is -0.338. The third-order valence-electron chi connectivity index (χ3n) is 3.91. The molecule has 0 bridgehead atoms. The molecule has 1 aromatic rings. The quantitative estimate of drug-likeness (QED) is 0.807. The van der Waals surface area contributed by atoms with Gasteiger partial charge in [0.2, 0.25) is 0 Å². The first-order valence-electron chi connectivity index (χ1n) is 6.87. The minimum absolute atomic E-state index is 0.338. The lowest BCUT2D eigenvalue weighted by molar-refractivity contribution is 0.0808. The maximum absolute atomic E-state index is 9.15. The molecule has 0 N–H and O–H groups in total. The first-order chi connectivity index (χ1) is 9.01. The molecule has 0 radical (unpaired) electrons. The van der Waals surface area contributed by atoms with Crippen LogP contribution in [0.25, 0.3) is 0 Å². The van der Waals surface area contributed by atoms with Crippen molar-refractivity contribution in [1.82, 2.24) is 19.6 Å². The van der Waals surface area contributed by atoms with Gasteiger partial charge >= 0.3 is 0 Å². The van der Waals surface area contributed by atoms with Crippen LogP contribution in [0.3, 0.4) is 0 Å².